The summed E-state index contributed by atoms with van der Waals surface area (Å²) < 4.78 is 87.5. The lowest BCUT2D eigenvalue weighted by atomic mass is 9.90. The van der Waals surface area contributed by atoms with E-state index in [0.717, 1.165) is 166 Å². The molecule has 3 atom stereocenters. The zero-order chi connectivity index (χ0) is 104. The van der Waals surface area contributed by atoms with E-state index >= 15 is 0 Å². The van der Waals surface area contributed by atoms with Crippen molar-refractivity contribution < 1.29 is 91.2 Å². The molecule has 139 heavy (non-hydrogen) atoms. The number of hydrogen-bond acceptors (Lipinski definition) is 21. The minimum absolute atomic E-state index is 0.0000889. The smallest absolute Gasteiger partial charge is 0.475 e. The highest BCUT2D eigenvalue weighted by atomic mass is 79.9. The van der Waals surface area contributed by atoms with Gasteiger partial charge in [-0.3, -0.25) is 14.4 Å². The van der Waals surface area contributed by atoms with Crippen molar-refractivity contribution >= 4 is 93.8 Å². The van der Waals surface area contributed by atoms with Gasteiger partial charge >= 0.3 is 36.5 Å². The van der Waals surface area contributed by atoms with Gasteiger partial charge in [0, 0.05) is 113 Å². The van der Waals surface area contributed by atoms with E-state index in [1.807, 2.05) is 149 Å². The third-order valence-corrected chi connectivity index (χ3v) is 23.6. The maximum Gasteiger partial charge on any atom is 0.490 e. The number of amides is 5. The molecule has 15 rings (SSSR count). The van der Waals surface area contributed by atoms with Gasteiger partial charge in [0.1, 0.15) is 19.0 Å². The van der Waals surface area contributed by atoms with E-state index in [1.54, 1.807) is 65.6 Å². The summed E-state index contributed by atoms with van der Waals surface area (Å²) in [5.41, 5.74) is 21.8. The van der Waals surface area contributed by atoms with Crippen molar-refractivity contribution in [1.29, 1.82) is 0 Å². The summed E-state index contributed by atoms with van der Waals surface area (Å²) in [7, 11) is 10.6. The average molecular weight is 2000 g/mol. The standard InChI is InChI=1S/C31H38N6O3.C26H30N6O.C21H22BrN5O.C10H16BNO2.C6H14O2.2C2HF3O2.C2H6/c1-20-29-24-11-10-22(21-12-15-36(16-13-21)30(39)40-31(2,3)4)18-25(24)27(14-17-37(29)35-34-20)33-26-9-7-6-8-23(26)19-28(38)32-5;1-17-26-21-8-7-19(18-9-12-28-13-10-18)15-22(21)24(11-14-32(26)31-30-17)29-23-6-4-3-5-20(23)16-25(33)27-2;1-13-21-16-8-7-15(22)12-17(16)19(9-10-27(21)26-25-13)24-18-6-4-3-5-14(18)11-20(28)23-2;1-10(2,3)14-9(13)12-6-4-8(11)5-7-12;1-5(2,7)6(3,4)8;2*3-2(4,5)1(6)7;1-2/h6-12,18,27,33H,13-17,19H2,1-5H3,(H,32,38);3-9,15,24,28-29H,10-14,16H2,1-2H3,(H,27,33);3-8,12,19,24H,9-11H2,1-2H3,(H,23,28);4H,5-7H2,1-3H3;7-8H,1-4H3;2*(H,6,7);1-2H3/i;;;;;;;1D. The average Bonchev–Trinajstić information content (AvgIpc) is 1.61. The second kappa shape index (κ2) is 49.7. The van der Waals surface area contributed by atoms with Crippen molar-refractivity contribution in [1.82, 2.24) is 76.0 Å². The molecule has 6 aromatic carbocycles. The number of fused-ring (bicyclic) bond motifs is 9. The Balaban J connectivity index is 0.000000217. The lowest BCUT2D eigenvalue weighted by Crippen LogP contribution is -2.44. The summed E-state index contributed by atoms with van der Waals surface area (Å²) >= 11 is 3.62. The lowest BCUT2D eigenvalue weighted by Gasteiger charge is -2.31. The molecule has 2 radical (unpaired) electrons. The fraction of sp³-hybridized carbons (Fsp3) is 0.450. The van der Waals surface area contributed by atoms with Crippen LogP contribution in [0.2, 0.25) is 0 Å². The molecule has 3 unspecified atom stereocenters. The fourth-order valence-electron chi connectivity index (χ4n) is 15.2. The number of anilines is 3. The molecule has 6 aliphatic heterocycles. The number of hydrogen-bond donors (Lipinski definition) is 11. The molecule has 0 fully saturated rings. The summed E-state index contributed by atoms with van der Waals surface area (Å²) in [5, 5.41) is 81.3. The molecule has 0 aliphatic carbocycles. The number of halogens is 7. The molecule has 9 aromatic rings. The van der Waals surface area contributed by atoms with Gasteiger partial charge < -0.3 is 76.9 Å². The number of aromatic nitrogens is 9. The zero-order valence-corrected chi connectivity index (χ0v) is 83.2. The molecule has 748 valence electrons. The van der Waals surface area contributed by atoms with Crippen LogP contribution in [-0.2, 0) is 72.3 Å². The number of likely N-dealkylation sites (N-methyl/N-ethyl adjacent to an activating group) is 3. The van der Waals surface area contributed by atoms with E-state index in [0.29, 0.717) is 52.3 Å². The number of benzene rings is 6. The van der Waals surface area contributed by atoms with E-state index in [-0.39, 0.29) is 48.0 Å². The van der Waals surface area contributed by atoms with Gasteiger partial charge in [-0.2, -0.15) is 26.3 Å². The molecule has 3 aromatic heterocycles. The third-order valence-electron chi connectivity index (χ3n) is 23.1. The van der Waals surface area contributed by atoms with E-state index < -0.39 is 46.7 Å². The molecular formula is C100H128BBrF6N18O13. The van der Waals surface area contributed by atoms with E-state index in [4.69, 9.17) is 48.7 Å². The summed E-state index contributed by atoms with van der Waals surface area (Å²) in [6.07, 6.45) is 1.66. The minimum atomic E-state index is -5.08. The van der Waals surface area contributed by atoms with Gasteiger partial charge in [-0.05, 0) is 233 Å². The van der Waals surface area contributed by atoms with Crippen molar-refractivity contribution in [2.45, 2.75) is 234 Å². The molecule has 0 saturated heterocycles. The van der Waals surface area contributed by atoms with Crippen LogP contribution in [0, 0.1) is 20.8 Å². The first-order chi connectivity index (χ1) is 65.8. The molecule has 0 spiro atoms. The Bertz CT molecular complexity index is 5840. The largest absolute Gasteiger partial charge is 0.490 e. The van der Waals surface area contributed by atoms with E-state index in [9.17, 15) is 50.3 Å². The number of para-hydroxylation sites is 3. The van der Waals surface area contributed by atoms with E-state index in [2.05, 4.69) is 157 Å². The number of carboxylic acid groups (broad SMARTS) is 2. The predicted octanol–water partition coefficient (Wildman–Crippen LogP) is 17.0. The Morgan fingerprint density at radius 1 is 0.482 bits per heavy atom. The molecule has 9 heterocycles. The highest BCUT2D eigenvalue weighted by Crippen LogP contribution is 2.44. The number of rotatable bonds is 15. The number of carbonyl (C=O) groups excluding carboxylic acids is 5. The Morgan fingerprint density at radius 2 is 0.806 bits per heavy atom. The van der Waals surface area contributed by atoms with Gasteiger partial charge in [-0.15, -0.1) is 20.8 Å². The molecule has 5 amide bonds. The summed E-state index contributed by atoms with van der Waals surface area (Å²) in [6, 6.07) is 44.0. The van der Waals surface area contributed by atoms with Gasteiger partial charge in [-0.25, -0.2) is 33.2 Å². The fourth-order valence-corrected chi connectivity index (χ4v) is 15.6. The molecular weight excluding hydrogens is 1870 g/mol. The number of carbonyl (C=O) groups is 7. The van der Waals surface area contributed by atoms with Crippen molar-refractivity contribution in [3.8, 4) is 33.8 Å². The number of aliphatic hydroxyl groups is 2. The Kier molecular flexibility index (Phi) is 39.3. The Morgan fingerprint density at radius 3 is 1.10 bits per heavy atom. The third kappa shape index (κ3) is 32.4. The van der Waals surface area contributed by atoms with Crippen LogP contribution in [0.4, 0.5) is 53.0 Å². The molecule has 0 bridgehead atoms. The maximum atomic E-state index is 12.6. The van der Waals surface area contributed by atoms with Gasteiger partial charge in [0.2, 0.25) is 17.7 Å². The van der Waals surface area contributed by atoms with Crippen LogP contribution < -0.4 is 37.2 Å². The molecule has 0 saturated carbocycles. The van der Waals surface area contributed by atoms with Crippen LogP contribution in [0.5, 0.6) is 0 Å². The maximum absolute atomic E-state index is 12.6. The number of ether oxygens (including phenoxy) is 2. The summed E-state index contributed by atoms with van der Waals surface area (Å²) in [4.78, 5) is 81.5. The molecule has 6 aliphatic rings. The molecule has 31 nitrogen and oxygen atoms in total. The number of nitrogens with zero attached hydrogens (tertiary/aromatic N) is 11. The van der Waals surface area contributed by atoms with Crippen molar-refractivity contribution in [2.75, 3.05) is 76.4 Å². The van der Waals surface area contributed by atoms with Crippen LogP contribution in [0.1, 0.15) is 203 Å². The van der Waals surface area contributed by atoms with Gasteiger partial charge in [0.05, 0.1) is 82.8 Å². The van der Waals surface area contributed by atoms with Crippen LogP contribution in [0.15, 0.2) is 156 Å². The van der Waals surface area contributed by atoms with Crippen molar-refractivity contribution in [3.63, 3.8) is 0 Å². The highest BCUT2D eigenvalue weighted by Gasteiger charge is 2.40. The van der Waals surface area contributed by atoms with Gasteiger partial charge in [0.25, 0.3) is 0 Å². The van der Waals surface area contributed by atoms with Crippen LogP contribution >= 0.6 is 15.9 Å². The number of carboxylic acids is 2. The summed E-state index contributed by atoms with van der Waals surface area (Å²) in [5.74, 6) is -5.53. The van der Waals surface area contributed by atoms with Crippen molar-refractivity contribution in [2.24, 2.45) is 0 Å². The molecule has 11 N–H and O–H groups in total. The lowest BCUT2D eigenvalue weighted by molar-refractivity contribution is -0.193. The second-order valence-corrected chi connectivity index (χ2v) is 37.2. The number of aliphatic carboxylic acids is 2. The number of aryl methyl sites for hydroxylation is 6. The second-order valence-electron chi connectivity index (χ2n) is 36.3. The topological polar surface area (TPSA) is 402 Å². The number of alkyl halides is 6. The first-order valence-electron chi connectivity index (χ1n) is 46.3. The first kappa shape index (κ1) is 110. The number of nitrogens with one attached hydrogen (secondary N) is 7. The zero-order valence-electron chi connectivity index (χ0n) is 82.6. The van der Waals surface area contributed by atoms with Crippen LogP contribution in [0.3, 0.4) is 0 Å². The van der Waals surface area contributed by atoms with E-state index in [1.165, 1.54) is 39.0 Å². The first-order valence-corrected chi connectivity index (χ1v) is 46.3. The molecule has 39 heteroatoms. The monoisotopic (exact) mass is 1990 g/mol. The Hall–Kier alpha value is -12.7. The van der Waals surface area contributed by atoms with Crippen LogP contribution in [0.25, 0.3) is 44.9 Å². The normalized spacial score (nSPS) is 15.9. The van der Waals surface area contributed by atoms with Crippen LogP contribution in [-0.4, -0.2) is 220 Å². The quantitative estimate of drug-likeness (QED) is 0.0335. The Labute approximate surface area is 818 Å². The summed E-state index contributed by atoms with van der Waals surface area (Å²) in [6.45, 7) is 32.4. The van der Waals surface area contributed by atoms with Crippen molar-refractivity contribution in [3.05, 3.63) is 217 Å². The predicted molar refractivity (Wildman–Crippen MR) is 527 cm³/mol. The minimum Gasteiger partial charge on any atom is -0.475 e. The SMILES string of the molecule is CC(C)(O)C(C)(C)O.CNC(=O)Cc1ccccc1NC1CCn2nnc(C)c2-c2ccc(Br)cc21.CNC(=O)Cc1ccccc1NC1CCn2nnc(C)c2-c2ccc(C3=CCN(C(=O)OC(C)(C)C)CC3)cc21.CNC(=O)Cc1ccccc1NC1CCn2nnc(C)c2-c2ccc(C3=CCNCC3)cc21.O=C(O)C(F)(F)F.O=C(O)C(F)(F)F.[2H]CC.[B]C1=CCN(C(=O)OC(C)(C)C)CC1. The highest BCUT2D eigenvalue weighted by molar-refractivity contribution is 9.10. The van der Waals surface area contributed by atoms with Gasteiger partial charge in [-0.1, -0.05) is 149 Å². The van der Waals surface area contributed by atoms with Gasteiger partial charge in [0.15, 0.2) is 0 Å².